The summed E-state index contributed by atoms with van der Waals surface area (Å²) in [4.78, 5) is 12.6. The molecule has 3 aromatic rings. The normalized spacial score (nSPS) is 16.3. The molecule has 1 aromatic heterocycles. The maximum Gasteiger partial charge on any atom is 0.311 e. The molecule has 2 aromatic carbocycles. The number of halogens is 1. The first kappa shape index (κ1) is 19.6. The van der Waals surface area contributed by atoms with Crippen LogP contribution in [-0.4, -0.2) is 22.9 Å². The number of methoxy groups -OCH3 is 1. The molecule has 1 aliphatic rings. The van der Waals surface area contributed by atoms with Gasteiger partial charge < -0.3 is 4.74 Å². The van der Waals surface area contributed by atoms with Crippen LogP contribution in [0.15, 0.2) is 48.7 Å². The number of hydrogen-bond acceptors (Lipinski definition) is 3. The average Bonchev–Trinajstić information content (AvgIpc) is 3.38. The standard InChI is InChI=1S/C24H27FN2O2/c1-24(2,23(28)29-3)22(16-6-4-5-7-16)17-8-13-21-18(14-17)15-26-27(21)20-11-9-19(25)10-12-20/h8-16,22H,4-7H2,1-3H3. The highest BCUT2D eigenvalue weighted by molar-refractivity contribution is 5.82. The Hall–Kier alpha value is -2.69. The lowest BCUT2D eigenvalue weighted by atomic mass is 9.67. The van der Waals surface area contributed by atoms with Gasteiger partial charge in [-0.25, -0.2) is 9.07 Å². The predicted octanol–water partition coefficient (Wildman–Crippen LogP) is 5.64. The van der Waals surface area contributed by atoms with E-state index in [1.54, 1.807) is 12.1 Å². The van der Waals surface area contributed by atoms with Crippen molar-refractivity contribution < 1.29 is 13.9 Å². The number of carbonyl (C=O) groups is 1. The lowest BCUT2D eigenvalue weighted by Crippen LogP contribution is -2.36. The van der Waals surface area contributed by atoms with Crippen molar-refractivity contribution in [2.45, 2.75) is 45.4 Å². The maximum absolute atomic E-state index is 13.3. The lowest BCUT2D eigenvalue weighted by Gasteiger charge is -2.36. The molecule has 1 aliphatic carbocycles. The molecule has 0 amide bonds. The molecule has 5 heteroatoms. The fourth-order valence-corrected chi connectivity index (χ4v) is 4.99. The second-order valence-corrected chi connectivity index (χ2v) is 8.59. The molecule has 0 N–H and O–H groups in total. The van der Waals surface area contributed by atoms with E-state index < -0.39 is 5.41 Å². The Balaban J connectivity index is 1.77. The second-order valence-electron chi connectivity index (χ2n) is 8.59. The van der Waals surface area contributed by atoms with Crippen molar-refractivity contribution >= 4 is 16.9 Å². The smallest absolute Gasteiger partial charge is 0.311 e. The Morgan fingerprint density at radius 2 is 1.86 bits per heavy atom. The summed E-state index contributed by atoms with van der Waals surface area (Å²) in [5.74, 6) is 0.123. The van der Waals surface area contributed by atoms with E-state index >= 15 is 0 Å². The van der Waals surface area contributed by atoms with Gasteiger partial charge in [-0.3, -0.25) is 4.79 Å². The number of aromatic nitrogens is 2. The van der Waals surface area contributed by atoms with Gasteiger partial charge in [-0.2, -0.15) is 5.10 Å². The molecule has 1 unspecified atom stereocenters. The number of ether oxygens (including phenoxy) is 1. The Labute approximate surface area is 170 Å². The van der Waals surface area contributed by atoms with E-state index in [-0.39, 0.29) is 17.7 Å². The average molecular weight is 394 g/mol. The number of nitrogens with zero attached hydrogens (tertiary/aromatic N) is 2. The molecule has 1 atom stereocenters. The van der Waals surface area contributed by atoms with Crippen LogP contribution >= 0.6 is 0 Å². The van der Waals surface area contributed by atoms with Gasteiger partial charge in [0.05, 0.1) is 29.9 Å². The van der Waals surface area contributed by atoms with Crippen LogP contribution in [-0.2, 0) is 9.53 Å². The minimum Gasteiger partial charge on any atom is -0.469 e. The Morgan fingerprint density at radius 1 is 1.17 bits per heavy atom. The third-order valence-corrected chi connectivity index (χ3v) is 6.38. The van der Waals surface area contributed by atoms with Gasteiger partial charge >= 0.3 is 5.97 Å². The minimum atomic E-state index is -0.607. The van der Waals surface area contributed by atoms with Crippen LogP contribution in [0.5, 0.6) is 0 Å². The molecular formula is C24H27FN2O2. The molecule has 1 saturated carbocycles. The third kappa shape index (κ3) is 3.54. The van der Waals surface area contributed by atoms with E-state index in [1.165, 1.54) is 32.1 Å². The van der Waals surface area contributed by atoms with E-state index in [2.05, 4.69) is 23.3 Å². The molecule has 29 heavy (non-hydrogen) atoms. The van der Waals surface area contributed by atoms with E-state index in [4.69, 9.17) is 4.74 Å². The van der Waals surface area contributed by atoms with Crippen LogP contribution in [0.4, 0.5) is 4.39 Å². The first-order valence-corrected chi connectivity index (χ1v) is 10.2. The molecule has 4 nitrogen and oxygen atoms in total. The molecule has 0 radical (unpaired) electrons. The Morgan fingerprint density at radius 3 is 2.52 bits per heavy atom. The molecule has 152 valence electrons. The zero-order chi connectivity index (χ0) is 20.6. The van der Waals surface area contributed by atoms with Gasteiger partial charge in [0.25, 0.3) is 0 Å². The summed E-state index contributed by atoms with van der Waals surface area (Å²) in [7, 11) is 1.46. The quantitative estimate of drug-likeness (QED) is 0.526. The number of carbonyl (C=O) groups excluding carboxylic acids is 1. The topological polar surface area (TPSA) is 44.1 Å². The van der Waals surface area contributed by atoms with Gasteiger partial charge in [-0.1, -0.05) is 18.9 Å². The van der Waals surface area contributed by atoms with Crippen molar-refractivity contribution in [3.05, 3.63) is 60.0 Å². The second kappa shape index (κ2) is 7.62. The molecule has 4 rings (SSSR count). The van der Waals surface area contributed by atoms with Crippen LogP contribution in [0, 0.1) is 17.2 Å². The fraction of sp³-hybridized carbons (Fsp3) is 0.417. The van der Waals surface area contributed by atoms with Crippen molar-refractivity contribution in [3.8, 4) is 5.69 Å². The summed E-state index contributed by atoms with van der Waals surface area (Å²) in [5, 5.41) is 5.52. The summed E-state index contributed by atoms with van der Waals surface area (Å²) in [5.41, 5.74) is 2.32. The van der Waals surface area contributed by atoms with Gasteiger partial charge in [-0.05, 0) is 74.6 Å². The van der Waals surface area contributed by atoms with Gasteiger partial charge in [0, 0.05) is 11.3 Å². The minimum absolute atomic E-state index is 0.0935. The summed E-state index contributed by atoms with van der Waals surface area (Å²) in [6.07, 6.45) is 6.53. The van der Waals surface area contributed by atoms with Gasteiger partial charge in [0.15, 0.2) is 0 Å². The highest BCUT2D eigenvalue weighted by Crippen LogP contribution is 2.48. The predicted molar refractivity (Wildman–Crippen MR) is 112 cm³/mol. The van der Waals surface area contributed by atoms with Crippen LogP contribution in [0.3, 0.4) is 0 Å². The van der Waals surface area contributed by atoms with Crippen LogP contribution in [0.25, 0.3) is 16.6 Å². The van der Waals surface area contributed by atoms with Crippen molar-refractivity contribution in [3.63, 3.8) is 0 Å². The van der Waals surface area contributed by atoms with E-state index in [1.807, 2.05) is 24.7 Å². The molecule has 0 aliphatic heterocycles. The van der Waals surface area contributed by atoms with Crippen LogP contribution < -0.4 is 0 Å². The summed E-state index contributed by atoms with van der Waals surface area (Å²) < 4.78 is 20.2. The zero-order valence-electron chi connectivity index (χ0n) is 17.2. The molecule has 1 fully saturated rings. The van der Waals surface area contributed by atoms with Crippen molar-refractivity contribution in [2.24, 2.45) is 11.3 Å². The number of esters is 1. The highest BCUT2D eigenvalue weighted by Gasteiger charge is 2.43. The summed E-state index contributed by atoms with van der Waals surface area (Å²) >= 11 is 0. The van der Waals surface area contributed by atoms with E-state index in [0.29, 0.717) is 5.92 Å². The summed E-state index contributed by atoms with van der Waals surface area (Å²) in [6, 6.07) is 12.6. The number of rotatable bonds is 5. The maximum atomic E-state index is 13.3. The monoisotopic (exact) mass is 394 g/mol. The number of fused-ring (bicyclic) bond motifs is 1. The first-order valence-electron chi connectivity index (χ1n) is 10.2. The zero-order valence-corrected chi connectivity index (χ0v) is 17.2. The highest BCUT2D eigenvalue weighted by atomic mass is 19.1. The fourth-order valence-electron chi connectivity index (χ4n) is 4.99. The van der Waals surface area contributed by atoms with Gasteiger partial charge in [0.1, 0.15) is 5.82 Å². The van der Waals surface area contributed by atoms with Gasteiger partial charge in [0.2, 0.25) is 0 Å². The molecule has 0 spiro atoms. The van der Waals surface area contributed by atoms with Crippen molar-refractivity contribution in [1.82, 2.24) is 9.78 Å². The van der Waals surface area contributed by atoms with Crippen LogP contribution in [0.2, 0.25) is 0 Å². The Bertz CT molecular complexity index is 1020. The van der Waals surface area contributed by atoms with Crippen molar-refractivity contribution in [2.75, 3.05) is 7.11 Å². The SMILES string of the molecule is COC(=O)C(C)(C)C(c1ccc2c(cnn2-c2ccc(F)cc2)c1)C1CCCC1. The number of benzene rings is 2. The first-order chi connectivity index (χ1) is 13.9. The third-order valence-electron chi connectivity index (χ3n) is 6.38. The summed E-state index contributed by atoms with van der Waals surface area (Å²) in [6.45, 7) is 3.99. The molecule has 0 saturated heterocycles. The molecule has 1 heterocycles. The van der Waals surface area contributed by atoms with E-state index in [0.717, 1.165) is 35.0 Å². The van der Waals surface area contributed by atoms with E-state index in [9.17, 15) is 9.18 Å². The molecule has 0 bridgehead atoms. The Kier molecular flexibility index (Phi) is 5.15. The largest absolute Gasteiger partial charge is 0.469 e. The molecular weight excluding hydrogens is 367 g/mol. The number of hydrogen-bond donors (Lipinski definition) is 0. The van der Waals surface area contributed by atoms with Crippen molar-refractivity contribution in [1.29, 1.82) is 0 Å². The van der Waals surface area contributed by atoms with Crippen LogP contribution in [0.1, 0.15) is 51.0 Å². The lowest BCUT2D eigenvalue weighted by molar-refractivity contribution is -0.153. The van der Waals surface area contributed by atoms with Gasteiger partial charge in [-0.15, -0.1) is 0 Å².